The lowest BCUT2D eigenvalue weighted by molar-refractivity contribution is 0.410. The molecule has 0 unspecified atom stereocenters. The zero-order valence-corrected chi connectivity index (χ0v) is 5.67. The smallest absolute Gasteiger partial charge is 0.132 e. The number of aromatic nitrogens is 1. The molecule has 1 aromatic rings. The molecule has 0 aliphatic rings. The Hall–Kier alpha value is -1.12. The highest BCUT2D eigenvalue weighted by Crippen LogP contribution is 2.09. The van der Waals surface area contributed by atoms with Crippen LogP contribution in [0.1, 0.15) is 5.69 Å². The van der Waals surface area contributed by atoms with E-state index in [-0.39, 0.29) is 0 Å². The highest BCUT2D eigenvalue weighted by molar-refractivity contribution is 5.21. The van der Waals surface area contributed by atoms with Crippen LogP contribution in [-0.4, -0.2) is 12.1 Å². The number of rotatable bonds is 2. The summed E-state index contributed by atoms with van der Waals surface area (Å²) < 4.78 is 16.8. The van der Waals surface area contributed by atoms with Gasteiger partial charge in [0.15, 0.2) is 0 Å². The number of nitrogens with zero attached hydrogens (tertiary/aromatic N) is 1. The van der Waals surface area contributed by atoms with Gasteiger partial charge in [-0.3, -0.25) is 4.98 Å². The van der Waals surface area contributed by atoms with Crippen LogP contribution < -0.4 is 4.74 Å². The number of hydrogen-bond donors (Lipinski definition) is 0. The van der Waals surface area contributed by atoms with Crippen molar-refractivity contribution in [1.29, 1.82) is 0 Å². The summed E-state index contributed by atoms with van der Waals surface area (Å²) in [5, 5.41) is 0. The van der Waals surface area contributed by atoms with Crippen LogP contribution in [0.2, 0.25) is 0 Å². The molecular weight excluding hydrogens is 133 g/mol. The normalized spacial score (nSPS) is 9.40. The van der Waals surface area contributed by atoms with Crippen molar-refractivity contribution >= 4 is 0 Å². The van der Waals surface area contributed by atoms with E-state index in [9.17, 15) is 4.39 Å². The second-order valence-electron chi connectivity index (χ2n) is 1.82. The molecule has 0 aromatic carbocycles. The van der Waals surface area contributed by atoms with Crippen molar-refractivity contribution in [3.63, 3.8) is 0 Å². The van der Waals surface area contributed by atoms with Crippen LogP contribution in [0.15, 0.2) is 18.3 Å². The first-order valence-corrected chi connectivity index (χ1v) is 2.91. The van der Waals surface area contributed by atoms with Crippen molar-refractivity contribution < 1.29 is 9.13 Å². The zero-order chi connectivity index (χ0) is 7.40. The summed E-state index contributed by atoms with van der Waals surface area (Å²) in [6, 6.07) is 3.25. The molecule has 10 heavy (non-hydrogen) atoms. The first-order chi connectivity index (χ1) is 4.86. The lowest BCUT2D eigenvalue weighted by atomic mass is 10.3. The van der Waals surface area contributed by atoms with E-state index in [4.69, 9.17) is 4.74 Å². The van der Waals surface area contributed by atoms with E-state index in [1.807, 2.05) is 0 Å². The highest BCUT2D eigenvalue weighted by Gasteiger charge is 1.93. The SMILES string of the molecule is COc1ccnc(CF)c1. The Morgan fingerprint density at radius 3 is 3.10 bits per heavy atom. The maximum absolute atomic E-state index is 11.9. The third kappa shape index (κ3) is 1.43. The van der Waals surface area contributed by atoms with Gasteiger partial charge in [-0.1, -0.05) is 0 Å². The third-order valence-electron chi connectivity index (χ3n) is 1.16. The standard InChI is InChI=1S/C7H8FNO/c1-10-7-2-3-9-6(4-7)5-8/h2-4H,5H2,1H3. The third-order valence-corrected chi connectivity index (χ3v) is 1.16. The number of hydrogen-bond acceptors (Lipinski definition) is 2. The minimum atomic E-state index is -0.544. The minimum Gasteiger partial charge on any atom is -0.497 e. The van der Waals surface area contributed by atoms with Crippen LogP contribution >= 0.6 is 0 Å². The Morgan fingerprint density at radius 1 is 1.70 bits per heavy atom. The van der Waals surface area contributed by atoms with Gasteiger partial charge in [-0.2, -0.15) is 0 Å². The fraction of sp³-hybridized carbons (Fsp3) is 0.286. The lowest BCUT2D eigenvalue weighted by Gasteiger charge is -1.98. The maximum atomic E-state index is 11.9. The predicted octanol–water partition coefficient (Wildman–Crippen LogP) is 1.56. The summed E-state index contributed by atoms with van der Waals surface area (Å²) in [6.07, 6.45) is 1.52. The van der Waals surface area contributed by atoms with Gasteiger partial charge in [0.25, 0.3) is 0 Å². The van der Waals surface area contributed by atoms with Crippen molar-refractivity contribution in [3.8, 4) is 5.75 Å². The van der Waals surface area contributed by atoms with Crippen LogP contribution in [0.25, 0.3) is 0 Å². The van der Waals surface area contributed by atoms with Gasteiger partial charge in [-0.15, -0.1) is 0 Å². The number of ether oxygens (including phenoxy) is 1. The van der Waals surface area contributed by atoms with Crippen LogP contribution in [0.3, 0.4) is 0 Å². The molecule has 0 fully saturated rings. The van der Waals surface area contributed by atoms with Gasteiger partial charge < -0.3 is 4.74 Å². The quantitative estimate of drug-likeness (QED) is 0.623. The van der Waals surface area contributed by atoms with E-state index in [0.717, 1.165) is 0 Å². The lowest BCUT2D eigenvalue weighted by Crippen LogP contribution is -1.87. The van der Waals surface area contributed by atoms with Crippen LogP contribution in [0, 0.1) is 0 Å². The Kier molecular flexibility index (Phi) is 2.20. The molecule has 0 radical (unpaired) electrons. The molecule has 0 bridgehead atoms. The first kappa shape index (κ1) is 6.99. The monoisotopic (exact) mass is 141 g/mol. The molecule has 1 heterocycles. The van der Waals surface area contributed by atoms with Gasteiger partial charge >= 0.3 is 0 Å². The molecule has 0 saturated carbocycles. The van der Waals surface area contributed by atoms with Gasteiger partial charge in [0.05, 0.1) is 12.8 Å². The minimum absolute atomic E-state index is 0.402. The number of methoxy groups -OCH3 is 1. The fourth-order valence-corrected chi connectivity index (χ4v) is 0.656. The van der Waals surface area contributed by atoms with E-state index >= 15 is 0 Å². The Morgan fingerprint density at radius 2 is 2.50 bits per heavy atom. The maximum Gasteiger partial charge on any atom is 0.132 e. The molecule has 1 aromatic heterocycles. The van der Waals surface area contributed by atoms with Gasteiger partial charge in [0, 0.05) is 12.3 Å². The van der Waals surface area contributed by atoms with Crippen molar-refractivity contribution in [2.75, 3.05) is 7.11 Å². The summed E-state index contributed by atoms with van der Waals surface area (Å²) in [7, 11) is 1.54. The van der Waals surface area contributed by atoms with E-state index < -0.39 is 6.67 Å². The molecule has 0 amide bonds. The first-order valence-electron chi connectivity index (χ1n) is 2.91. The zero-order valence-electron chi connectivity index (χ0n) is 5.67. The molecule has 0 aliphatic heterocycles. The van der Waals surface area contributed by atoms with Crippen LogP contribution in [0.4, 0.5) is 4.39 Å². The van der Waals surface area contributed by atoms with Crippen molar-refractivity contribution in [3.05, 3.63) is 24.0 Å². The predicted molar refractivity (Wildman–Crippen MR) is 35.6 cm³/mol. The van der Waals surface area contributed by atoms with Crippen molar-refractivity contribution in [2.24, 2.45) is 0 Å². The Bertz CT molecular complexity index is 195. The van der Waals surface area contributed by atoms with Gasteiger partial charge in [-0.25, -0.2) is 4.39 Å². The summed E-state index contributed by atoms with van der Waals surface area (Å²) in [4.78, 5) is 3.75. The summed E-state index contributed by atoms with van der Waals surface area (Å²) >= 11 is 0. The summed E-state index contributed by atoms with van der Waals surface area (Å²) in [6.45, 7) is -0.544. The molecule has 0 N–H and O–H groups in total. The van der Waals surface area contributed by atoms with E-state index in [1.54, 1.807) is 12.1 Å². The van der Waals surface area contributed by atoms with E-state index in [0.29, 0.717) is 11.4 Å². The summed E-state index contributed by atoms with van der Waals surface area (Å²) in [5.74, 6) is 0.641. The number of halogens is 1. The topological polar surface area (TPSA) is 22.1 Å². The largest absolute Gasteiger partial charge is 0.497 e. The van der Waals surface area contributed by atoms with Crippen molar-refractivity contribution in [2.45, 2.75) is 6.67 Å². The number of alkyl halides is 1. The molecule has 1 rings (SSSR count). The molecule has 0 spiro atoms. The van der Waals surface area contributed by atoms with Gasteiger partial charge in [0.1, 0.15) is 12.4 Å². The molecule has 0 saturated heterocycles. The average molecular weight is 141 g/mol. The Balaban J connectivity index is 2.87. The van der Waals surface area contributed by atoms with E-state index in [1.165, 1.54) is 13.3 Å². The molecule has 0 atom stereocenters. The summed E-state index contributed by atoms with van der Waals surface area (Å²) in [5.41, 5.74) is 0.402. The van der Waals surface area contributed by atoms with Crippen LogP contribution in [-0.2, 0) is 6.67 Å². The highest BCUT2D eigenvalue weighted by atomic mass is 19.1. The molecule has 2 nitrogen and oxygen atoms in total. The second-order valence-corrected chi connectivity index (χ2v) is 1.82. The van der Waals surface area contributed by atoms with Gasteiger partial charge in [-0.05, 0) is 6.07 Å². The fourth-order valence-electron chi connectivity index (χ4n) is 0.656. The molecule has 0 aliphatic carbocycles. The molecular formula is C7H8FNO. The Labute approximate surface area is 58.7 Å². The molecule has 54 valence electrons. The second kappa shape index (κ2) is 3.15. The van der Waals surface area contributed by atoms with Gasteiger partial charge in [0.2, 0.25) is 0 Å². The number of pyridine rings is 1. The van der Waals surface area contributed by atoms with Crippen LogP contribution in [0.5, 0.6) is 5.75 Å². The van der Waals surface area contributed by atoms with Crippen molar-refractivity contribution in [1.82, 2.24) is 4.98 Å². The molecule has 3 heteroatoms. The average Bonchev–Trinajstić information content (AvgIpc) is 2.05. The van der Waals surface area contributed by atoms with E-state index in [2.05, 4.69) is 4.98 Å².